The highest BCUT2D eigenvalue weighted by Crippen LogP contribution is 2.72. The molecule has 2 N–H and O–H groups in total. The molecule has 13 atom stereocenters. The third-order valence-electron chi connectivity index (χ3n) is 12.1. The molecular weight excluding hydrogens is 432 g/mol. The van der Waals surface area contributed by atoms with Gasteiger partial charge in [0.2, 0.25) is 0 Å². The molecule has 3 saturated heterocycles. The normalized spacial score (nSPS) is 61.9. The number of carbonyl (C=O) groups excluding carboxylic acids is 1. The molecule has 3 heterocycles. The lowest BCUT2D eigenvalue weighted by Crippen LogP contribution is -2.60. The van der Waals surface area contributed by atoms with E-state index in [-0.39, 0.29) is 58.3 Å². The first kappa shape index (κ1) is 22.2. The van der Waals surface area contributed by atoms with E-state index in [0.717, 1.165) is 32.1 Å². The smallest absolute Gasteiger partial charge is 0.186 e. The van der Waals surface area contributed by atoms with Crippen LogP contribution in [0.2, 0.25) is 0 Å². The summed E-state index contributed by atoms with van der Waals surface area (Å²) in [4.78, 5) is 13.3. The van der Waals surface area contributed by atoms with Gasteiger partial charge in [-0.2, -0.15) is 0 Å². The van der Waals surface area contributed by atoms with Crippen molar-refractivity contribution in [3.05, 3.63) is 23.8 Å². The lowest BCUT2D eigenvalue weighted by molar-refractivity contribution is -0.192. The largest absolute Gasteiger partial charge is 0.389 e. The van der Waals surface area contributed by atoms with Gasteiger partial charge in [0.15, 0.2) is 12.1 Å². The fraction of sp³-hybridized carbons (Fsp3) is 0.821. The van der Waals surface area contributed by atoms with E-state index in [1.54, 1.807) is 6.08 Å². The van der Waals surface area contributed by atoms with Crippen LogP contribution in [0.4, 0.5) is 0 Å². The lowest BCUT2D eigenvalue weighted by atomic mass is 9.44. The van der Waals surface area contributed by atoms with Crippen molar-refractivity contribution in [3.8, 4) is 0 Å². The van der Waals surface area contributed by atoms with E-state index in [1.165, 1.54) is 5.57 Å². The van der Waals surface area contributed by atoms with Gasteiger partial charge in [-0.05, 0) is 69.8 Å². The zero-order valence-electron chi connectivity index (χ0n) is 20.9. The Kier molecular flexibility index (Phi) is 4.08. The molecule has 0 unspecified atom stereocenters. The maximum absolute atomic E-state index is 13.3. The van der Waals surface area contributed by atoms with Gasteiger partial charge in [0, 0.05) is 18.3 Å². The molecule has 2 saturated carbocycles. The Morgan fingerprint density at radius 3 is 2.68 bits per heavy atom. The van der Waals surface area contributed by atoms with E-state index in [4.69, 9.17) is 14.2 Å². The molecule has 0 radical (unpaired) electrons. The molecule has 0 aromatic rings. The number of fused-ring (bicyclic) bond motifs is 5. The van der Waals surface area contributed by atoms with Crippen LogP contribution in [0.3, 0.4) is 0 Å². The zero-order valence-corrected chi connectivity index (χ0v) is 20.9. The minimum atomic E-state index is -0.936. The van der Waals surface area contributed by atoms with Crippen molar-refractivity contribution < 1.29 is 29.2 Å². The SMILES string of the molecule is C[C@@H](C1=C[C@H](O)[C@H]2[C@@H]3C[C@@H]4O[C@@]45CC=CC(=O)[C@]5(C)[C@H]3CC[C@]12C)[C@H]1C[C@]2(C)O[C@]2(C)[C@H](O)O1. The number of carbonyl (C=O) groups is 1. The second-order valence-electron chi connectivity index (χ2n) is 13.2. The van der Waals surface area contributed by atoms with Crippen LogP contribution in [0.1, 0.15) is 66.7 Å². The van der Waals surface area contributed by atoms with E-state index in [9.17, 15) is 15.0 Å². The Morgan fingerprint density at radius 1 is 1.18 bits per heavy atom. The minimum absolute atomic E-state index is 0.0658. The van der Waals surface area contributed by atoms with Crippen LogP contribution in [0.15, 0.2) is 23.8 Å². The van der Waals surface area contributed by atoms with Crippen molar-refractivity contribution in [2.75, 3.05) is 0 Å². The van der Waals surface area contributed by atoms with Gasteiger partial charge in [-0.1, -0.05) is 31.6 Å². The number of ketones is 1. The average Bonchev–Trinajstić information content (AvgIpc) is 3.59. The monoisotopic (exact) mass is 470 g/mol. The number of rotatable bonds is 2. The van der Waals surface area contributed by atoms with Crippen molar-refractivity contribution in [3.63, 3.8) is 0 Å². The Morgan fingerprint density at radius 2 is 1.94 bits per heavy atom. The summed E-state index contributed by atoms with van der Waals surface area (Å²) in [6.45, 7) is 10.6. The lowest BCUT2D eigenvalue weighted by Gasteiger charge is -2.57. The molecule has 186 valence electrons. The first-order valence-electron chi connectivity index (χ1n) is 13.2. The molecular formula is C28H38O6. The molecule has 6 nitrogen and oxygen atoms in total. The summed E-state index contributed by atoms with van der Waals surface area (Å²) < 4.78 is 18.4. The summed E-state index contributed by atoms with van der Waals surface area (Å²) in [5, 5.41) is 22.1. The second kappa shape index (κ2) is 6.25. The first-order chi connectivity index (χ1) is 15.9. The van der Waals surface area contributed by atoms with Gasteiger partial charge >= 0.3 is 0 Å². The molecule has 5 fully saturated rings. The van der Waals surface area contributed by atoms with Crippen LogP contribution in [-0.4, -0.2) is 57.4 Å². The van der Waals surface area contributed by atoms with Crippen LogP contribution in [0, 0.1) is 34.5 Å². The molecule has 7 aliphatic rings. The number of allylic oxidation sites excluding steroid dienone is 1. The molecule has 6 heteroatoms. The summed E-state index contributed by atoms with van der Waals surface area (Å²) >= 11 is 0. The number of ether oxygens (including phenoxy) is 3. The summed E-state index contributed by atoms with van der Waals surface area (Å²) in [5.41, 5.74) is -0.699. The molecule has 0 aromatic carbocycles. The Balaban J connectivity index is 1.19. The van der Waals surface area contributed by atoms with Gasteiger partial charge < -0.3 is 24.4 Å². The number of epoxide rings is 2. The van der Waals surface area contributed by atoms with E-state index in [2.05, 4.69) is 33.8 Å². The Hall–Kier alpha value is -1.05. The molecule has 4 aliphatic carbocycles. The van der Waals surface area contributed by atoms with Crippen LogP contribution < -0.4 is 0 Å². The Labute approximate surface area is 201 Å². The van der Waals surface area contributed by atoms with Gasteiger partial charge in [-0.3, -0.25) is 4.79 Å². The number of hydrogen-bond acceptors (Lipinski definition) is 6. The van der Waals surface area contributed by atoms with Crippen LogP contribution in [0.5, 0.6) is 0 Å². The summed E-state index contributed by atoms with van der Waals surface area (Å²) in [6, 6.07) is 0. The van der Waals surface area contributed by atoms with Gasteiger partial charge in [-0.15, -0.1) is 0 Å². The van der Waals surface area contributed by atoms with Crippen molar-refractivity contribution in [1.82, 2.24) is 0 Å². The minimum Gasteiger partial charge on any atom is -0.389 e. The highest BCUT2D eigenvalue weighted by Gasteiger charge is 2.78. The molecule has 0 aromatic heterocycles. The fourth-order valence-electron chi connectivity index (χ4n) is 9.70. The van der Waals surface area contributed by atoms with E-state index < -0.39 is 23.4 Å². The van der Waals surface area contributed by atoms with Crippen molar-refractivity contribution in [2.24, 2.45) is 34.5 Å². The predicted octanol–water partition coefficient (Wildman–Crippen LogP) is 3.30. The third kappa shape index (κ3) is 2.30. The van der Waals surface area contributed by atoms with Gasteiger partial charge in [0.05, 0.1) is 23.7 Å². The maximum atomic E-state index is 13.3. The van der Waals surface area contributed by atoms with Crippen molar-refractivity contribution >= 4 is 5.78 Å². The first-order valence-corrected chi connectivity index (χ1v) is 13.2. The van der Waals surface area contributed by atoms with Crippen LogP contribution in [0.25, 0.3) is 0 Å². The van der Waals surface area contributed by atoms with Crippen LogP contribution >= 0.6 is 0 Å². The van der Waals surface area contributed by atoms with Gasteiger partial charge in [0.1, 0.15) is 16.8 Å². The maximum Gasteiger partial charge on any atom is 0.186 e. The molecule has 7 rings (SSSR count). The van der Waals surface area contributed by atoms with E-state index in [0.29, 0.717) is 0 Å². The van der Waals surface area contributed by atoms with Crippen LogP contribution in [-0.2, 0) is 19.0 Å². The molecule has 0 amide bonds. The second-order valence-corrected chi connectivity index (χ2v) is 13.2. The number of aliphatic hydroxyl groups is 2. The van der Waals surface area contributed by atoms with Gasteiger partial charge in [0.25, 0.3) is 0 Å². The highest BCUT2D eigenvalue weighted by molar-refractivity contribution is 5.97. The summed E-state index contributed by atoms with van der Waals surface area (Å²) in [7, 11) is 0. The third-order valence-corrected chi connectivity index (χ3v) is 12.1. The summed E-state index contributed by atoms with van der Waals surface area (Å²) in [6.07, 6.45) is 8.74. The highest BCUT2D eigenvalue weighted by atomic mass is 16.7. The van der Waals surface area contributed by atoms with Crippen molar-refractivity contribution in [2.45, 2.75) is 108 Å². The van der Waals surface area contributed by atoms with Crippen molar-refractivity contribution in [1.29, 1.82) is 0 Å². The zero-order chi connectivity index (χ0) is 24.1. The number of aliphatic hydroxyl groups excluding tert-OH is 2. The quantitative estimate of drug-likeness (QED) is 0.475. The average molecular weight is 471 g/mol. The predicted molar refractivity (Wildman–Crippen MR) is 124 cm³/mol. The van der Waals surface area contributed by atoms with E-state index >= 15 is 0 Å². The molecule has 3 aliphatic heterocycles. The standard InChI is InChI=1S/C28H38O6/c1-14(19-13-25(3)27(5,34-25)23(31)32-19)17-12-18(29)22-15-11-21-28(33-21)9-6-7-20(30)26(28,4)16(15)8-10-24(17,22)2/h6-7,12,14-16,18-19,21-23,29,31H,8-11,13H2,1-5H3/t14-,15+,16-,18-,19+,21-,22+,23+,24+,25-,26-,27+,28-/m0/s1. The summed E-state index contributed by atoms with van der Waals surface area (Å²) in [5.74, 6) is 0.830. The van der Waals surface area contributed by atoms with Gasteiger partial charge in [-0.25, -0.2) is 0 Å². The Bertz CT molecular complexity index is 1040. The fourth-order valence-corrected chi connectivity index (χ4v) is 9.70. The molecule has 34 heavy (non-hydrogen) atoms. The molecule has 0 bridgehead atoms. The topological polar surface area (TPSA) is 91.8 Å². The molecule has 1 spiro atoms. The van der Waals surface area contributed by atoms with E-state index in [1.807, 2.05) is 13.0 Å². The number of hydrogen-bond donors (Lipinski definition) is 2.